The molecule has 0 amide bonds. The van der Waals surface area contributed by atoms with Gasteiger partial charge in [-0.3, -0.25) is 0 Å². The van der Waals surface area contributed by atoms with Crippen molar-refractivity contribution in [2.24, 2.45) is 0 Å². The first-order valence-electron chi connectivity index (χ1n) is 8.27. The van der Waals surface area contributed by atoms with Crippen LogP contribution in [0.25, 0.3) is 0 Å². The van der Waals surface area contributed by atoms with Gasteiger partial charge in [0.25, 0.3) is 5.92 Å². The van der Waals surface area contributed by atoms with E-state index in [-0.39, 0.29) is 17.7 Å². The molecule has 0 spiro atoms. The highest BCUT2D eigenvalue weighted by Crippen LogP contribution is 2.33. The first-order valence-corrected chi connectivity index (χ1v) is 8.27. The monoisotopic (exact) mass is 358 g/mol. The van der Waals surface area contributed by atoms with Gasteiger partial charge < -0.3 is 14.9 Å². The smallest absolute Gasteiger partial charge is 0.298 e. The summed E-state index contributed by atoms with van der Waals surface area (Å²) in [4.78, 5) is 0. The zero-order chi connectivity index (χ0) is 18.9. The van der Waals surface area contributed by atoms with Crippen molar-refractivity contribution in [2.75, 3.05) is 6.61 Å². The summed E-state index contributed by atoms with van der Waals surface area (Å²) in [5, 5.41) is 10.7. The minimum Gasteiger partial charge on any atom is -0.491 e. The number of nitrogens with zero attached hydrogens (tertiary/aromatic N) is 1. The quantitative estimate of drug-likeness (QED) is 0.840. The Morgan fingerprint density at radius 3 is 2.56 bits per heavy atom. The van der Waals surface area contributed by atoms with Crippen molar-refractivity contribution in [3.63, 3.8) is 0 Å². The SMILES string of the molecule is CC1=C(C)N(NC(C)c2cccc(C(F)(F)CO)c2F)C(C)C(C)O1. The van der Waals surface area contributed by atoms with E-state index >= 15 is 0 Å². The zero-order valence-electron chi connectivity index (χ0n) is 15.1. The largest absolute Gasteiger partial charge is 0.491 e. The van der Waals surface area contributed by atoms with Gasteiger partial charge in [0.05, 0.1) is 23.3 Å². The van der Waals surface area contributed by atoms with Gasteiger partial charge in [-0.2, -0.15) is 8.78 Å². The van der Waals surface area contributed by atoms with Crippen LogP contribution in [0, 0.1) is 5.82 Å². The van der Waals surface area contributed by atoms with Crippen molar-refractivity contribution in [1.82, 2.24) is 10.4 Å². The van der Waals surface area contributed by atoms with Crippen LogP contribution in [0.5, 0.6) is 0 Å². The van der Waals surface area contributed by atoms with Crippen molar-refractivity contribution in [1.29, 1.82) is 0 Å². The van der Waals surface area contributed by atoms with Gasteiger partial charge in [0.1, 0.15) is 24.3 Å². The van der Waals surface area contributed by atoms with Gasteiger partial charge >= 0.3 is 0 Å². The third-order valence-corrected chi connectivity index (χ3v) is 4.74. The van der Waals surface area contributed by atoms with E-state index in [0.29, 0.717) is 0 Å². The van der Waals surface area contributed by atoms with Crippen molar-refractivity contribution in [3.8, 4) is 0 Å². The number of nitrogens with one attached hydrogen (secondary N) is 1. The molecule has 3 atom stereocenters. The third-order valence-electron chi connectivity index (χ3n) is 4.74. The topological polar surface area (TPSA) is 44.7 Å². The molecule has 25 heavy (non-hydrogen) atoms. The number of hydrogen-bond acceptors (Lipinski definition) is 4. The van der Waals surface area contributed by atoms with E-state index in [1.165, 1.54) is 12.1 Å². The zero-order valence-corrected chi connectivity index (χ0v) is 15.1. The summed E-state index contributed by atoms with van der Waals surface area (Å²) in [6, 6.07) is 3.26. The lowest BCUT2D eigenvalue weighted by Gasteiger charge is -2.42. The lowest BCUT2D eigenvalue weighted by molar-refractivity contribution is -0.0585. The number of aliphatic hydroxyl groups is 1. The van der Waals surface area contributed by atoms with Crippen LogP contribution in [0.3, 0.4) is 0 Å². The van der Waals surface area contributed by atoms with Crippen LogP contribution in [0.1, 0.15) is 51.8 Å². The van der Waals surface area contributed by atoms with Gasteiger partial charge in [-0.15, -0.1) is 0 Å². The molecule has 3 unspecified atom stereocenters. The third kappa shape index (κ3) is 3.77. The number of halogens is 3. The number of rotatable bonds is 5. The summed E-state index contributed by atoms with van der Waals surface area (Å²) in [7, 11) is 0. The highest BCUT2D eigenvalue weighted by molar-refractivity contribution is 5.31. The second kappa shape index (κ2) is 7.25. The number of hydrazine groups is 1. The summed E-state index contributed by atoms with van der Waals surface area (Å²) >= 11 is 0. The highest BCUT2D eigenvalue weighted by Gasteiger charge is 2.36. The van der Waals surface area contributed by atoms with Crippen LogP contribution in [0.15, 0.2) is 29.7 Å². The van der Waals surface area contributed by atoms with Gasteiger partial charge in [-0.25, -0.2) is 9.82 Å². The van der Waals surface area contributed by atoms with Crippen molar-refractivity contribution < 1.29 is 23.0 Å². The Bertz CT molecular complexity index is 664. The average Bonchev–Trinajstić information content (AvgIpc) is 2.56. The number of ether oxygens (including phenoxy) is 1. The normalized spacial score (nSPS) is 22.8. The lowest BCUT2D eigenvalue weighted by Crippen LogP contribution is -2.52. The summed E-state index contributed by atoms with van der Waals surface area (Å²) in [6.07, 6.45) is -0.0710. The maximum Gasteiger partial charge on any atom is 0.298 e. The molecule has 0 saturated heterocycles. The molecule has 0 aromatic heterocycles. The second-order valence-electron chi connectivity index (χ2n) is 6.50. The minimum atomic E-state index is -3.62. The van der Waals surface area contributed by atoms with Gasteiger partial charge in [0.2, 0.25) is 0 Å². The maximum absolute atomic E-state index is 14.6. The number of hydrogen-bond donors (Lipinski definition) is 2. The van der Waals surface area contributed by atoms with E-state index in [1.54, 1.807) is 6.92 Å². The van der Waals surface area contributed by atoms with Gasteiger partial charge in [-0.1, -0.05) is 12.1 Å². The molecular formula is C18H25F3N2O2. The summed E-state index contributed by atoms with van der Waals surface area (Å²) in [5.74, 6) is -3.87. The molecule has 0 fully saturated rings. The van der Waals surface area contributed by atoms with Crippen LogP contribution >= 0.6 is 0 Å². The van der Waals surface area contributed by atoms with Gasteiger partial charge in [0.15, 0.2) is 0 Å². The van der Waals surface area contributed by atoms with Crippen molar-refractivity contribution >= 4 is 0 Å². The van der Waals surface area contributed by atoms with Crippen LogP contribution in [-0.4, -0.2) is 28.9 Å². The molecular weight excluding hydrogens is 333 g/mol. The molecule has 7 heteroatoms. The molecule has 0 bridgehead atoms. The van der Waals surface area contributed by atoms with Crippen LogP contribution in [0.4, 0.5) is 13.2 Å². The molecule has 1 aromatic rings. The average molecular weight is 358 g/mol. The molecule has 1 heterocycles. The number of benzene rings is 1. The Balaban J connectivity index is 2.31. The van der Waals surface area contributed by atoms with Gasteiger partial charge in [0, 0.05) is 5.56 Å². The first kappa shape index (κ1) is 19.6. The molecule has 1 aromatic carbocycles. The minimum absolute atomic E-state index is 0.0173. The Labute approximate surface area is 146 Å². The van der Waals surface area contributed by atoms with Crippen LogP contribution < -0.4 is 5.43 Å². The van der Waals surface area contributed by atoms with E-state index in [1.807, 2.05) is 32.7 Å². The second-order valence-corrected chi connectivity index (χ2v) is 6.50. The molecule has 0 radical (unpaired) electrons. The highest BCUT2D eigenvalue weighted by atomic mass is 19.3. The van der Waals surface area contributed by atoms with E-state index in [2.05, 4.69) is 5.43 Å². The Morgan fingerprint density at radius 2 is 1.96 bits per heavy atom. The fraction of sp³-hybridized carbons (Fsp3) is 0.556. The lowest BCUT2D eigenvalue weighted by atomic mass is 10.0. The first-order chi connectivity index (χ1) is 11.6. The van der Waals surface area contributed by atoms with E-state index in [0.717, 1.165) is 17.5 Å². The van der Waals surface area contributed by atoms with Crippen molar-refractivity contribution in [2.45, 2.75) is 58.7 Å². The number of allylic oxidation sites excluding steroid dienone is 2. The van der Waals surface area contributed by atoms with Gasteiger partial charge in [-0.05, 0) is 40.7 Å². The van der Waals surface area contributed by atoms with E-state index < -0.39 is 30.0 Å². The maximum atomic E-state index is 14.6. The standard InChI is InChI=1S/C18H25F3N2O2/c1-10(22-23-11(2)13(4)25-14(5)12(23)3)15-7-6-8-16(17(15)19)18(20,21)9-24/h6-8,10-11,13,22,24H,9H2,1-5H3. The Kier molecular flexibility index (Phi) is 5.68. The summed E-state index contributed by atoms with van der Waals surface area (Å²) in [6.45, 7) is 7.89. The predicted molar refractivity (Wildman–Crippen MR) is 89.2 cm³/mol. The van der Waals surface area contributed by atoms with Crippen LogP contribution in [0.2, 0.25) is 0 Å². The molecule has 0 saturated carbocycles. The van der Waals surface area contributed by atoms with Crippen LogP contribution in [-0.2, 0) is 10.7 Å². The molecule has 4 nitrogen and oxygen atoms in total. The fourth-order valence-corrected chi connectivity index (χ4v) is 2.89. The number of aliphatic hydroxyl groups excluding tert-OH is 1. The molecule has 1 aliphatic heterocycles. The molecule has 140 valence electrons. The molecule has 2 N–H and O–H groups in total. The molecule has 2 rings (SSSR count). The van der Waals surface area contributed by atoms with E-state index in [4.69, 9.17) is 9.84 Å². The van der Waals surface area contributed by atoms with Crippen molar-refractivity contribution in [3.05, 3.63) is 46.6 Å². The fourth-order valence-electron chi connectivity index (χ4n) is 2.89. The van der Waals surface area contributed by atoms with E-state index in [9.17, 15) is 13.2 Å². The Hall–Kier alpha value is -1.73. The predicted octanol–water partition coefficient (Wildman–Crippen LogP) is 3.84. The summed E-state index contributed by atoms with van der Waals surface area (Å²) in [5.41, 5.74) is 3.35. The molecule has 0 aliphatic carbocycles. The molecule has 1 aliphatic rings. The summed E-state index contributed by atoms with van der Waals surface area (Å²) < 4.78 is 47.8. The Morgan fingerprint density at radius 1 is 1.32 bits per heavy atom. The number of alkyl halides is 2.